The van der Waals surface area contributed by atoms with Crippen LogP contribution in [0.3, 0.4) is 0 Å². The van der Waals surface area contributed by atoms with Crippen molar-refractivity contribution < 1.29 is 18.3 Å². The Morgan fingerprint density at radius 1 is 1.24 bits per heavy atom. The molecule has 0 saturated heterocycles. The number of fused-ring (bicyclic) bond motifs is 1. The van der Waals surface area contributed by atoms with Crippen LogP contribution in [0.1, 0.15) is 71.9 Å². The van der Waals surface area contributed by atoms with Gasteiger partial charge in [-0.25, -0.2) is 18.4 Å². The lowest BCUT2D eigenvalue weighted by molar-refractivity contribution is 0.0977. The van der Waals surface area contributed by atoms with E-state index in [0.29, 0.717) is 18.9 Å². The van der Waals surface area contributed by atoms with Crippen LogP contribution in [0.2, 0.25) is 0 Å². The van der Waals surface area contributed by atoms with E-state index in [0.717, 1.165) is 23.0 Å². The van der Waals surface area contributed by atoms with Crippen molar-refractivity contribution in [2.75, 3.05) is 7.11 Å². The molecule has 10 heteroatoms. The fourth-order valence-electron chi connectivity index (χ4n) is 4.60. The largest absolute Gasteiger partial charge is 0.494 e. The number of methoxy groups -OCH3 is 1. The van der Waals surface area contributed by atoms with Crippen molar-refractivity contribution in [3.63, 3.8) is 0 Å². The van der Waals surface area contributed by atoms with Gasteiger partial charge in [0.1, 0.15) is 17.2 Å². The number of carbonyl (C=O) groups excluding carboxylic acids is 1. The van der Waals surface area contributed by atoms with Crippen molar-refractivity contribution >= 4 is 11.4 Å². The number of pyridine rings is 1. The smallest absolute Gasteiger partial charge is 0.185 e. The maximum Gasteiger partial charge on any atom is 0.185 e. The third kappa shape index (κ3) is 5.28. The molecule has 38 heavy (non-hydrogen) atoms. The zero-order chi connectivity index (χ0) is 27.0. The molecule has 1 saturated carbocycles. The number of carbonyl (C=O) groups is 1. The lowest BCUT2D eigenvalue weighted by atomic mass is 9.87. The molecule has 0 atom stereocenters. The van der Waals surface area contributed by atoms with Crippen LogP contribution in [0.5, 0.6) is 5.75 Å². The van der Waals surface area contributed by atoms with E-state index >= 15 is 0 Å². The second kappa shape index (κ2) is 9.97. The van der Waals surface area contributed by atoms with E-state index in [1.807, 2.05) is 24.4 Å². The quantitative estimate of drug-likeness (QED) is 0.273. The molecule has 0 radical (unpaired) electrons. The summed E-state index contributed by atoms with van der Waals surface area (Å²) in [6, 6.07) is 6.87. The monoisotopic (exact) mass is 518 g/mol. The standard InChI is InChI=1S/C28H28F2N6O2/c1-28(2,16-31)11-18-10-19(17-4-5-17)12-35-13-20(32-27(18)35)14-36-15-23(33-34-36)24(37)8-6-21-22(29)7-9-25(38-3)26(21)30/h7,9-10,12-13,15,17H,4-6,8,11,14H2,1-3H3. The minimum atomic E-state index is -0.807. The summed E-state index contributed by atoms with van der Waals surface area (Å²) in [7, 11) is 1.30. The predicted molar refractivity (Wildman–Crippen MR) is 135 cm³/mol. The van der Waals surface area contributed by atoms with Gasteiger partial charge in [-0.15, -0.1) is 5.10 Å². The van der Waals surface area contributed by atoms with E-state index in [9.17, 15) is 18.8 Å². The Hall–Kier alpha value is -4.13. The van der Waals surface area contributed by atoms with Crippen molar-refractivity contribution in [2.24, 2.45) is 5.41 Å². The first kappa shape index (κ1) is 25.5. The number of nitriles is 1. The number of hydrogen-bond donors (Lipinski definition) is 0. The van der Waals surface area contributed by atoms with Crippen LogP contribution >= 0.6 is 0 Å². The Morgan fingerprint density at radius 2 is 2.03 bits per heavy atom. The van der Waals surface area contributed by atoms with Crippen molar-refractivity contribution in [3.8, 4) is 11.8 Å². The number of aromatic nitrogens is 5. The predicted octanol–water partition coefficient (Wildman–Crippen LogP) is 5.05. The SMILES string of the molecule is COc1ccc(F)c(CCC(=O)c2cn(Cc3cn4cc(C5CC5)cc(CC(C)(C)C#N)c4n3)nn2)c1F. The van der Waals surface area contributed by atoms with E-state index in [2.05, 4.69) is 28.6 Å². The minimum absolute atomic E-state index is 0.0733. The number of rotatable bonds is 10. The van der Waals surface area contributed by atoms with Crippen LogP contribution in [0.25, 0.3) is 5.65 Å². The Balaban J connectivity index is 1.32. The number of halogens is 2. The molecule has 0 aliphatic heterocycles. The van der Waals surface area contributed by atoms with Gasteiger partial charge in [0.25, 0.3) is 0 Å². The van der Waals surface area contributed by atoms with Crippen LogP contribution < -0.4 is 4.74 Å². The van der Waals surface area contributed by atoms with Crippen molar-refractivity contribution in [1.29, 1.82) is 5.26 Å². The molecule has 5 rings (SSSR count). The molecule has 1 aromatic carbocycles. The first-order chi connectivity index (χ1) is 18.2. The highest BCUT2D eigenvalue weighted by Gasteiger charge is 2.27. The Kier molecular flexibility index (Phi) is 6.69. The summed E-state index contributed by atoms with van der Waals surface area (Å²) in [5, 5.41) is 17.6. The van der Waals surface area contributed by atoms with Gasteiger partial charge in [0.2, 0.25) is 0 Å². The molecule has 1 aliphatic carbocycles. The Morgan fingerprint density at radius 3 is 2.74 bits per heavy atom. The van der Waals surface area contributed by atoms with Crippen molar-refractivity contribution in [1.82, 2.24) is 24.4 Å². The fraction of sp³-hybridized carbons (Fsp3) is 0.393. The van der Waals surface area contributed by atoms with Gasteiger partial charge in [0.05, 0.1) is 37.0 Å². The lowest BCUT2D eigenvalue weighted by Crippen LogP contribution is -2.13. The second-order valence-corrected chi connectivity index (χ2v) is 10.5. The van der Waals surface area contributed by atoms with Crippen LogP contribution in [0.15, 0.2) is 36.8 Å². The molecule has 3 heterocycles. The number of nitrogens with zero attached hydrogens (tertiary/aromatic N) is 6. The molecular weight excluding hydrogens is 490 g/mol. The van der Waals surface area contributed by atoms with Gasteiger partial charge in [-0.2, -0.15) is 5.26 Å². The van der Waals surface area contributed by atoms with Gasteiger partial charge >= 0.3 is 0 Å². The van der Waals surface area contributed by atoms with Crippen LogP contribution in [0.4, 0.5) is 8.78 Å². The third-order valence-electron chi connectivity index (χ3n) is 6.80. The topological polar surface area (TPSA) is 98.1 Å². The maximum atomic E-state index is 14.4. The molecule has 3 aromatic heterocycles. The number of hydrogen-bond acceptors (Lipinski definition) is 6. The first-order valence-electron chi connectivity index (χ1n) is 12.5. The number of imidazole rings is 1. The average Bonchev–Trinajstić information content (AvgIpc) is 3.50. The van der Waals surface area contributed by atoms with Crippen LogP contribution in [0, 0.1) is 28.4 Å². The normalized spacial score (nSPS) is 13.6. The van der Waals surface area contributed by atoms with E-state index in [1.165, 1.54) is 42.5 Å². The number of Topliss-reactive ketones (excluding diaryl/α,β-unsaturated/α-hetero) is 1. The van der Waals surface area contributed by atoms with Gasteiger partial charge < -0.3 is 9.14 Å². The van der Waals surface area contributed by atoms with Gasteiger partial charge in [0.15, 0.2) is 17.3 Å². The number of ether oxygens (including phenoxy) is 1. The molecule has 196 valence electrons. The van der Waals surface area contributed by atoms with E-state index in [-0.39, 0.29) is 35.6 Å². The maximum absolute atomic E-state index is 14.4. The number of benzene rings is 1. The molecule has 0 N–H and O–H groups in total. The molecule has 0 bridgehead atoms. The summed E-state index contributed by atoms with van der Waals surface area (Å²) < 4.78 is 36.9. The summed E-state index contributed by atoms with van der Waals surface area (Å²) in [4.78, 5) is 17.5. The average molecular weight is 519 g/mol. The van der Waals surface area contributed by atoms with E-state index in [4.69, 9.17) is 9.72 Å². The fourth-order valence-corrected chi connectivity index (χ4v) is 4.60. The molecule has 1 aliphatic rings. The summed E-state index contributed by atoms with van der Waals surface area (Å²) in [6.45, 7) is 4.13. The summed E-state index contributed by atoms with van der Waals surface area (Å²) in [6.07, 6.45) is 8.21. The Labute approximate surface area is 218 Å². The van der Waals surface area contributed by atoms with E-state index < -0.39 is 17.0 Å². The zero-order valence-corrected chi connectivity index (χ0v) is 21.5. The van der Waals surface area contributed by atoms with Crippen LogP contribution in [-0.2, 0) is 19.4 Å². The highest BCUT2D eigenvalue weighted by molar-refractivity contribution is 5.94. The van der Waals surface area contributed by atoms with Gasteiger partial charge in [-0.3, -0.25) is 4.79 Å². The molecule has 4 aromatic rings. The van der Waals surface area contributed by atoms with Gasteiger partial charge in [0, 0.05) is 24.4 Å². The zero-order valence-electron chi connectivity index (χ0n) is 21.5. The molecule has 8 nitrogen and oxygen atoms in total. The highest BCUT2D eigenvalue weighted by atomic mass is 19.1. The summed E-state index contributed by atoms with van der Waals surface area (Å²) in [5.41, 5.74) is 3.21. The van der Waals surface area contributed by atoms with Crippen molar-refractivity contribution in [2.45, 2.75) is 58.4 Å². The van der Waals surface area contributed by atoms with Crippen molar-refractivity contribution in [3.05, 3.63) is 76.5 Å². The highest BCUT2D eigenvalue weighted by Crippen LogP contribution is 2.41. The molecule has 0 spiro atoms. The van der Waals surface area contributed by atoms with E-state index in [1.54, 1.807) is 0 Å². The molecule has 0 unspecified atom stereocenters. The molecule has 1 fully saturated rings. The Bertz CT molecular complexity index is 1560. The molecule has 0 amide bonds. The lowest BCUT2D eigenvalue weighted by Gasteiger charge is -2.16. The van der Waals surface area contributed by atoms with Gasteiger partial charge in [-0.1, -0.05) is 11.3 Å². The minimum Gasteiger partial charge on any atom is -0.494 e. The summed E-state index contributed by atoms with van der Waals surface area (Å²) in [5.74, 6) is -1.43. The number of ketones is 1. The second-order valence-electron chi connectivity index (χ2n) is 10.5. The molecular formula is C28H28F2N6O2. The van der Waals surface area contributed by atoms with Crippen LogP contribution in [-0.4, -0.2) is 37.3 Å². The van der Waals surface area contributed by atoms with Gasteiger partial charge in [-0.05, 0) is 68.7 Å². The third-order valence-corrected chi connectivity index (χ3v) is 6.80. The summed E-state index contributed by atoms with van der Waals surface area (Å²) >= 11 is 0. The first-order valence-corrected chi connectivity index (χ1v) is 12.5.